The van der Waals surface area contributed by atoms with Crippen LogP contribution in [0.3, 0.4) is 0 Å². The number of hydrogen-bond acceptors (Lipinski definition) is 4. The predicted octanol–water partition coefficient (Wildman–Crippen LogP) is 2.39. The van der Waals surface area contributed by atoms with E-state index < -0.39 is 0 Å². The van der Waals surface area contributed by atoms with Crippen LogP contribution in [0.2, 0.25) is 0 Å². The molecule has 134 valence electrons. The molecule has 3 rings (SSSR count). The quantitative estimate of drug-likeness (QED) is 0.931. The topological polar surface area (TPSA) is 63.1 Å². The number of aryl methyl sites for hydroxylation is 1. The van der Waals surface area contributed by atoms with Crippen LogP contribution in [0.4, 0.5) is 5.82 Å². The highest BCUT2D eigenvalue weighted by Crippen LogP contribution is 2.24. The van der Waals surface area contributed by atoms with Gasteiger partial charge in [-0.2, -0.15) is 0 Å². The SMILES string of the molecule is CN(C)c1cc(C(=O)NC2CCc3nc(C(C)(C)C)cn3C2)ccn1. The van der Waals surface area contributed by atoms with Crippen LogP contribution in [-0.2, 0) is 18.4 Å². The Bertz CT molecular complexity index is 772. The Labute approximate surface area is 149 Å². The van der Waals surface area contributed by atoms with Gasteiger partial charge in [-0.3, -0.25) is 4.79 Å². The molecule has 0 aliphatic carbocycles. The smallest absolute Gasteiger partial charge is 0.251 e. The number of amides is 1. The van der Waals surface area contributed by atoms with E-state index in [1.165, 1.54) is 0 Å². The van der Waals surface area contributed by atoms with E-state index in [0.29, 0.717) is 5.56 Å². The van der Waals surface area contributed by atoms with Crippen molar-refractivity contribution >= 4 is 11.7 Å². The Morgan fingerprint density at radius 1 is 1.36 bits per heavy atom. The molecule has 2 aromatic rings. The number of nitrogens with zero attached hydrogens (tertiary/aromatic N) is 4. The van der Waals surface area contributed by atoms with Crippen molar-refractivity contribution in [1.82, 2.24) is 19.9 Å². The minimum atomic E-state index is -0.0462. The van der Waals surface area contributed by atoms with Gasteiger partial charge in [-0.1, -0.05) is 20.8 Å². The second kappa shape index (κ2) is 6.50. The molecular formula is C19H27N5O. The lowest BCUT2D eigenvalue weighted by molar-refractivity contribution is 0.0927. The van der Waals surface area contributed by atoms with Crippen molar-refractivity contribution in [1.29, 1.82) is 0 Å². The third-order valence-electron chi connectivity index (χ3n) is 4.56. The van der Waals surface area contributed by atoms with Gasteiger partial charge in [-0.05, 0) is 18.6 Å². The molecule has 0 fully saturated rings. The average Bonchev–Trinajstić information content (AvgIpc) is 2.98. The van der Waals surface area contributed by atoms with Crippen molar-refractivity contribution in [2.45, 2.75) is 51.6 Å². The number of anilines is 1. The van der Waals surface area contributed by atoms with Gasteiger partial charge in [-0.25, -0.2) is 9.97 Å². The summed E-state index contributed by atoms with van der Waals surface area (Å²) >= 11 is 0. The highest BCUT2D eigenvalue weighted by Gasteiger charge is 2.25. The fourth-order valence-electron chi connectivity index (χ4n) is 3.00. The second-order valence-electron chi connectivity index (χ2n) is 7.95. The van der Waals surface area contributed by atoms with E-state index in [1.54, 1.807) is 12.3 Å². The summed E-state index contributed by atoms with van der Waals surface area (Å²) in [5.74, 6) is 1.85. The Balaban J connectivity index is 1.69. The molecule has 1 amide bonds. The molecule has 3 heterocycles. The van der Waals surface area contributed by atoms with E-state index in [2.05, 4.69) is 41.8 Å². The van der Waals surface area contributed by atoms with Gasteiger partial charge >= 0.3 is 0 Å². The highest BCUT2D eigenvalue weighted by atomic mass is 16.1. The van der Waals surface area contributed by atoms with Crippen LogP contribution in [0.1, 0.15) is 49.1 Å². The molecule has 0 radical (unpaired) electrons. The molecule has 1 aliphatic rings. The molecule has 1 atom stereocenters. The zero-order chi connectivity index (χ0) is 18.2. The van der Waals surface area contributed by atoms with Crippen molar-refractivity contribution in [3.63, 3.8) is 0 Å². The minimum Gasteiger partial charge on any atom is -0.363 e. The summed E-state index contributed by atoms with van der Waals surface area (Å²) in [7, 11) is 3.83. The van der Waals surface area contributed by atoms with Crippen LogP contribution >= 0.6 is 0 Å². The number of carbonyl (C=O) groups is 1. The molecule has 0 bridgehead atoms. The number of hydrogen-bond donors (Lipinski definition) is 1. The number of carbonyl (C=O) groups excluding carboxylic acids is 1. The van der Waals surface area contributed by atoms with Gasteiger partial charge in [0.25, 0.3) is 5.91 Å². The van der Waals surface area contributed by atoms with E-state index in [4.69, 9.17) is 4.98 Å². The molecule has 6 nitrogen and oxygen atoms in total. The average molecular weight is 341 g/mol. The van der Waals surface area contributed by atoms with E-state index in [-0.39, 0.29) is 17.4 Å². The first-order valence-corrected chi connectivity index (χ1v) is 8.75. The van der Waals surface area contributed by atoms with Crippen LogP contribution in [0.25, 0.3) is 0 Å². The number of nitrogens with one attached hydrogen (secondary N) is 1. The third kappa shape index (κ3) is 3.83. The lowest BCUT2D eigenvalue weighted by atomic mass is 9.93. The molecule has 0 saturated carbocycles. The Hall–Kier alpha value is -2.37. The Morgan fingerprint density at radius 3 is 2.80 bits per heavy atom. The summed E-state index contributed by atoms with van der Waals surface area (Å²) in [6.07, 6.45) is 5.61. The lowest BCUT2D eigenvalue weighted by Crippen LogP contribution is -2.40. The maximum Gasteiger partial charge on any atom is 0.251 e. The van der Waals surface area contributed by atoms with Crippen molar-refractivity contribution in [3.8, 4) is 0 Å². The molecular weight excluding hydrogens is 314 g/mol. The molecule has 2 aromatic heterocycles. The summed E-state index contributed by atoms with van der Waals surface area (Å²) in [6, 6.07) is 3.70. The van der Waals surface area contributed by atoms with Crippen LogP contribution in [0.5, 0.6) is 0 Å². The van der Waals surface area contributed by atoms with Crippen LogP contribution in [0.15, 0.2) is 24.5 Å². The zero-order valence-electron chi connectivity index (χ0n) is 15.7. The van der Waals surface area contributed by atoms with Gasteiger partial charge in [0.2, 0.25) is 0 Å². The second-order valence-corrected chi connectivity index (χ2v) is 7.95. The Morgan fingerprint density at radius 2 is 2.12 bits per heavy atom. The summed E-state index contributed by atoms with van der Waals surface area (Å²) in [4.78, 5) is 23.5. The standard InChI is InChI=1S/C19H27N5O/c1-19(2,3)15-12-24-11-14(6-7-16(24)22-15)21-18(25)13-8-9-20-17(10-13)23(4)5/h8-10,12,14H,6-7,11H2,1-5H3,(H,21,25). The predicted molar refractivity (Wildman–Crippen MR) is 99.1 cm³/mol. The van der Waals surface area contributed by atoms with E-state index in [9.17, 15) is 4.79 Å². The zero-order valence-corrected chi connectivity index (χ0v) is 15.7. The first-order chi connectivity index (χ1) is 11.7. The van der Waals surface area contributed by atoms with Gasteiger partial charge in [0.1, 0.15) is 11.6 Å². The van der Waals surface area contributed by atoms with Crippen LogP contribution < -0.4 is 10.2 Å². The highest BCUT2D eigenvalue weighted by molar-refractivity contribution is 5.95. The number of aromatic nitrogens is 3. The minimum absolute atomic E-state index is 0.0443. The summed E-state index contributed by atoms with van der Waals surface area (Å²) in [6.45, 7) is 7.29. The fraction of sp³-hybridized carbons (Fsp3) is 0.526. The lowest BCUT2D eigenvalue weighted by Gasteiger charge is -2.24. The van der Waals surface area contributed by atoms with Crippen molar-refractivity contribution in [2.75, 3.05) is 19.0 Å². The first kappa shape index (κ1) is 17.5. The third-order valence-corrected chi connectivity index (χ3v) is 4.56. The summed E-state index contributed by atoms with van der Waals surface area (Å²) in [5, 5.41) is 3.16. The van der Waals surface area contributed by atoms with Crippen molar-refractivity contribution in [2.24, 2.45) is 0 Å². The van der Waals surface area contributed by atoms with Crippen molar-refractivity contribution < 1.29 is 4.79 Å². The maximum absolute atomic E-state index is 12.6. The molecule has 1 aliphatic heterocycles. The fourth-order valence-corrected chi connectivity index (χ4v) is 3.00. The summed E-state index contributed by atoms with van der Waals surface area (Å²) in [5.41, 5.74) is 1.80. The van der Waals surface area contributed by atoms with Crippen LogP contribution in [-0.4, -0.2) is 40.6 Å². The maximum atomic E-state index is 12.6. The number of pyridine rings is 1. The van der Waals surface area contributed by atoms with Gasteiger partial charge in [-0.15, -0.1) is 0 Å². The van der Waals surface area contributed by atoms with Gasteiger partial charge in [0, 0.05) is 56.5 Å². The molecule has 1 N–H and O–H groups in total. The van der Waals surface area contributed by atoms with Gasteiger partial charge in [0.15, 0.2) is 0 Å². The van der Waals surface area contributed by atoms with E-state index in [0.717, 1.165) is 36.7 Å². The van der Waals surface area contributed by atoms with Gasteiger partial charge < -0.3 is 14.8 Å². The van der Waals surface area contributed by atoms with Crippen LogP contribution in [0, 0.1) is 0 Å². The monoisotopic (exact) mass is 341 g/mol. The molecule has 1 unspecified atom stereocenters. The largest absolute Gasteiger partial charge is 0.363 e. The number of rotatable bonds is 3. The molecule has 0 spiro atoms. The Kier molecular flexibility index (Phi) is 4.54. The number of imidazole rings is 1. The molecule has 0 aromatic carbocycles. The van der Waals surface area contributed by atoms with Crippen molar-refractivity contribution in [3.05, 3.63) is 41.6 Å². The van der Waals surface area contributed by atoms with Gasteiger partial charge in [0.05, 0.1) is 5.69 Å². The van der Waals surface area contributed by atoms with E-state index in [1.807, 2.05) is 25.1 Å². The molecule has 6 heteroatoms. The van der Waals surface area contributed by atoms with E-state index >= 15 is 0 Å². The molecule has 25 heavy (non-hydrogen) atoms. The normalized spacial score (nSPS) is 17.1. The first-order valence-electron chi connectivity index (χ1n) is 8.75. The summed E-state index contributed by atoms with van der Waals surface area (Å²) < 4.78 is 2.19. The molecule has 0 saturated heterocycles. The number of fused-ring (bicyclic) bond motifs is 1.